The Balaban J connectivity index is 1.85. The van der Waals surface area contributed by atoms with Crippen molar-refractivity contribution in [1.29, 1.82) is 0 Å². The summed E-state index contributed by atoms with van der Waals surface area (Å²) in [6, 6.07) is 6.12. The lowest BCUT2D eigenvalue weighted by molar-refractivity contribution is -0.0421. The summed E-state index contributed by atoms with van der Waals surface area (Å²) in [5, 5.41) is 0.621. The van der Waals surface area contributed by atoms with Gasteiger partial charge in [0.25, 0.3) is 5.56 Å². The van der Waals surface area contributed by atoms with Gasteiger partial charge in [-0.3, -0.25) is 13.9 Å². The fourth-order valence-electron chi connectivity index (χ4n) is 3.12. The van der Waals surface area contributed by atoms with Crippen molar-refractivity contribution in [3.63, 3.8) is 0 Å². The maximum Gasteiger partial charge on any atom is 0.332 e. The normalized spacial score (nSPS) is 14.7. The first kappa shape index (κ1) is 19.7. The van der Waals surface area contributed by atoms with Crippen molar-refractivity contribution < 1.29 is 13.9 Å². The number of hydrogen-bond donors (Lipinski definition) is 0. The molecule has 3 heterocycles. The van der Waals surface area contributed by atoms with Crippen LogP contribution in [0.4, 0.5) is 4.39 Å². The molecule has 10 heteroatoms. The summed E-state index contributed by atoms with van der Waals surface area (Å²) >= 11 is 1.33. The van der Waals surface area contributed by atoms with Gasteiger partial charge in [-0.05, 0) is 12.1 Å². The third kappa shape index (κ3) is 3.70. The highest BCUT2D eigenvalue weighted by atomic mass is 32.2. The Kier molecular flexibility index (Phi) is 5.48. The van der Waals surface area contributed by atoms with Gasteiger partial charge in [-0.2, -0.15) is 0 Å². The van der Waals surface area contributed by atoms with Crippen LogP contribution in [-0.2, 0) is 23.6 Å². The highest BCUT2D eigenvalue weighted by Gasteiger charge is 2.21. The van der Waals surface area contributed by atoms with E-state index in [0.29, 0.717) is 30.4 Å². The second kappa shape index (κ2) is 8.05. The van der Waals surface area contributed by atoms with E-state index in [2.05, 4.69) is 9.97 Å². The van der Waals surface area contributed by atoms with Crippen molar-refractivity contribution in [2.24, 2.45) is 14.1 Å². The Morgan fingerprint density at radius 3 is 2.59 bits per heavy atom. The number of benzene rings is 1. The quantitative estimate of drug-likeness (QED) is 0.460. The van der Waals surface area contributed by atoms with E-state index in [1.807, 2.05) is 0 Å². The molecule has 4 rings (SSSR count). The van der Waals surface area contributed by atoms with Gasteiger partial charge in [0.1, 0.15) is 16.2 Å². The van der Waals surface area contributed by atoms with Gasteiger partial charge in [-0.1, -0.05) is 12.1 Å². The molecule has 8 nitrogen and oxygen atoms in total. The second-order valence-corrected chi connectivity index (χ2v) is 7.63. The maximum absolute atomic E-state index is 14.3. The largest absolute Gasteiger partial charge is 0.350 e. The number of thioether (sulfide) groups is 1. The summed E-state index contributed by atoms with van der Waals surface area (Å²) < 4.78 is 27.5. The van der Waals surface area contributed by atoms with E-state index >= 15 is 0 Å². The highest BCUT2D eigenvalue weighted by molar-refractivity contribution is 7.99. The Bertz CT molecular complexity index is 1190. The van der Waals surface area contributed by atoms with E-state index in [-0.39, 0.29) is 28.7 Å². The number of fused-ring (bicyclic) bond motifs is 1. The monoisotopic (exact) mass is 418 g/mol. The first-order valence-electron chi connectivity index (χ1n) is 9.06. The van der Waals surface area contributed by atoms with Crippen molar-refractivity contribution >= 4 is 22.8 Å². The average Bonchev–Trinajstić information content (AvgIpc) is 3.24. The third-order valence-electron chi connectivity index (χ3n) is 4.66. The van der Waals surface area contributed by atoms with Crippen LogP contribution in [0.2, 0.25) is 0 Å². The van der Waals surface area contributed by atoms with E-state index in [0.717, 1.165) is 4.57 Å². The summed E-state index contributed by atoms with van der Waals surface area (Å²) in [5.41, 5.74) is -0.627. The van der Waals surface area contributed by atoms with Gasteiger partial charge in [-0.15, -0.1) is 11.8 Å². The maximum atomic E-state index is 14.3. The summed E-state index contributed by atoms with van der Waals surface area (Å²) in [7, 11) is 2.93. The lowest BCUT2D eigenvalue weighted by Gasteiger charge is -2.13. The lowest BCUT2D eigenvalue weighted by atomic mass is 10.2. The molecule has 0 spiro atoms. The summed E-state index contributed by atoms with van der Waals surface area (Å²) in [4.78, 5) is 34.0. The van der Waals surface area contributed by atoms with Crippen molar-refractivity contribution in [2.75, 3.05) is 19.0 Å². The van der Waals surface area contributed by atoms with Crippen molar-refractivity contribution in [3.05, 3.63) is 50.9 Å². The molecule has 1 saturated heterocycles. The fourth-order valence-corrected chi connectivity index (χ4v) is 4.10. The molecule has 3 aromatic rings. The molecule has 0 unspecified atom stereocenters. The number of aryl methyl sites for hydroxylation is 1. The Labute approximate surface area is 169 Å². The van der Waals surface area contributed by atoms with Crippen LogP contribution >= 0.6 is 11.8 Å². The SMILES string of the molecule is Cn1c(=O)c2c(SCCC3OCCO3)nc(-c3ccccc3F)nc2n(C)c1=O. The molecule has 1 fully saturated rings. The van der Waals surface area contributed by atoms with Gasteiger partial charge >= 0.3 is 5.69 Å². The molecule has 0 amide bonds. The Hall–Kier alpha value is -2.56. The van der Waals surface area contributed by atoms with Crippen molar-refractivity contribution in [1.82, 2.24) is 19.1 Å². The molecule has 1 aliphatic rings. The van der Waals surface area contributed by atoms with Gasteiger partial charge in [0.2, 0.25) is 0 Å². The molecule has 0 atom stereocenters. The summed E-state index contributed by atoms with van der Waals surface area (Å²) in [6.07, 6.45) is 0.325. The first-order chi connectivity index (χ1) is 14.0. The smallest absolute Gasteiger partial charge is 0.332 e. The van der Waals surface area contributed by atoms with E-state index in [1.165, 1.54) is 36.5 Å². The van der Waals surface area contributed by atoms with E-state index < -0.39 is 17.1 Å². The molecular formula is C19H19FN4O4S. The molecule has 0 aliphatic carbocycles. The van der Waals surface area contributed by atoms with Crippen LogP contribution in [0.5, 0.6) is 0 Å². The number of hydrogen-bond acceptors (Lipinski definition) is 7. The number of nitrogens with zero attached hydrogens (tertiary/aromatic N) is 4. The number of rotatable bonds is 5. The highest BCUT2D eigenvalue weighted by Crippen LogP contribution is 2.28. The van der Waals surface area contributed by atoms with Gasteiger partial charge in [0.05, 0.1) is 18.8 Å². The predicted molar refractivity (Wildman–Crippen MR) is 106 cm³/mol. The van der Waals surface area contributed by atoms with Crippen molar-refractivity contribution in [2.45, 2.75) is 17.7 Å². The van der Waals surface area contributed by atoms with Gasteiger partial charge in [-0.25, -0.2) is 19.2 Å². The van der Waals surface area contributed by atoms with Crippen LogP contribution in [0, 0.1) is 5.82 Å². The lowest BCUT2D eigenvalue weighted by Crippen LogP contribution is -2.37. The van der Waals surface area contributed by atoms with Crippen LogP contribution in [-0.4, -0.2) is 44.4 Å². The molecule has 1 aromatic carbocycles. The van der Waals surface area contributed by atoms with Crippen molar-refractivity contribution in [3.8, 4) is 11.4 Å². The van der Waals surface area contributed by atoms with E-state index in [1.54, 1.807) is 18.2 Å². The molecule has 2 aromatic heterocycles. The van der Waals surface area contributed by atoms with Gasteiger partial charge in [0.15, 0.2) is 17.8 Å². The molecule has 1 aliphatic heterocycles. The minimum absolute atomic E-state index is 0.120. The molecule has 0 saturated carbocycles. The van der Waals surface area contributed by atoms with Crippen LogP contribution in [0.25, 0.3) is 22.4 Å². The zero-order valence-corrected chi connectivity index (χ0v) is 16.7. The molecule has 0 N–H and O–H groups in total. The van der Waals surface area contributed by atoms with Gasteiger partial charge < -0.3 is 9.47 Å². The fraction of sp³-hybridized carbons (Fsp3) is 0.368. The average molecular weight is 418 g/mol. The van der Waals surface area contributed by atoms with E-state index in [4.69, 9.17) is 9.47 Å². The molecule has 29 heavy (non-hydrogen) atoms. The standard InChI is InChI=1S/C19H19FN4O4S/c1-23-16-14(18(25)24(2)19(23)26)17(29-10-7-13-27-8-9-28-13)22-15(21-16)11-5-3-4-6-12(11)20/h3-6,13H,7-10H2,1-2H3. The van der Waals surface area contributed by atoms with E-state index in [9.17, 15) is 14.0 Å². The number of aromatic nitrogens is 4. The molecular weight excluding hydrogens is 399 g/mol. The van der Waals surface area contributed by atoms with Gasteiger partial charge in [0, 0.05) is 26.3 Å². The molecule has 0 bridgehead atoms. The van der Waals surface area contributed by atoms with Crippen LogP contribution in [0.3, 0.4) is 0 Å². The summed E-state index contributed by atoms with van der Waals surface area (Å²) in [5.74, 6) is 0.207. The number of halogens is 1. The second-order valence-electron chi connectivity index (χ2n) is 6.54. The summed E-state index contributed by atoms with van der Waals surface area (Å²) in [6.45, 7) is 1.12. The van der Waals surface area contributed by atoms with Crippen LogP contribution in [0.15, 0.2) is 38.9 Å². The Morgan fingerprint density at radius 2 is 1.86 bits per heavy atom. The predicted octanol–water partition coefficient (Wildman–Crippen LogP) is 1.69. The zero-order valence-electron chi connectivity index (χ0n) is 15.9. The molecule has 152 valence electrons. The Morgan fingerprint density at radius 1 is 1.14 bits per heavy atom. The minimum atomic E-state index is -0.510. The third-order valence-corrected chi connectivity index (χ3v) is 5.67. The first-order valence-corrected chi connectivity index (χ1v) is 10.0. The topological polar surface area (TPSA) is 88.2 Å². The molecule has 0 radical (unpaired) electrons. The van der Waals surface area contributed by atoms with Crippen LogP contribution < -0.4 is 11.2 Å². The zero-order chi connectivity index (χ0) is 20.5. The van der Waals surface area contributed by atoms with Crippen LogP contribution in [0.1, 0.15) is 6.42 Å². The number of ether oxygens (including phenoxy) is 2. The minimum Gasteiger partial charge on any atom is -0.350 e.